The first-order chi connectivity index (χ1) is 15.9. The summed E-state index contributed by atoms with van der Waals surface area (Å²) in [7, 11) is 0. The molecule has 2 fully saturated rings. The molecule has 4 rings (SSSR count). The molecule has 2 aromatic rings. The number of carbonyl (C=O) groups excluding carboxylic acids is 2. The molecule has 5 nitrogen and oxygen atoms in total. The van der Waals surface area contributed by atoms with Crippen LogP contribution in [-0.2, 0) is 4.79 Å². The Morgan fingerprint density at radius 1 is 0.879 bits per heavy atom. The first-order valence-corrected chi connectivity index (χ1v) is 11.7. The van der Waals surface area contributed by atoms with Crippen LogP contribution in [0.25, 0.3) is 0 Å². The van der Waals surface area contributed by atoms with E-state index in [1.165, 1.54) is 30.3 Å². The number of amides is 2. The quantitative estimate of drug-likeness (QED) is 0.635. The van der Waals surface area contributed by atoms with Crippen molar-refractivity contribution in [2.24, 2.45) is 5.41 Å². The summed E-state index contributed by atoms with van der Waals surface area (Å²) in [5.41, 5.74) is -0.267. The minimum atomic E-state index is -0.565. The Balaban J connectivity index is 1.53. The van der Waals surface area contributed by atoms with Crippen LogP contribution in [0.4, 0.5) is 8.78 Å². The van der Waals surface area contributed by atoms with Crippen molar-refractivity contribution in [3.63, 3.8) is 0 Å². The molecule has 2 aromatic carbocycles. The lowest BCUT2D eigenvalue weighted by molar-refractivity contribution is -0.136. The third-order valence-corrected chi connectivity index (χ3v) is 6.61. The van der Waals surface area contributed by atoms with Gasteiger partial charge in [-0.05, 0) is 74.6 Å². The van der Waals surface area contributed by atoms with E-state index in [0.29, 0.717) is 24.4 Å². The largest absolute Gasteiger partial charge is 0.493 e. The van der Waals surface area contributed by atoms with Crippen molar-refractivity contribution in [3.8, 4) is 5.75 Å². The van der Waals surface area contributed by atoms with Gasteiger partial charge in [-0.1, -0.05) is 6.07 Å². The van der Waals surface area contributed by atoms with Crippen LogP contribution in [0.2, 0.25) is 0 Å². The van der Waals surface area contributed by atoms with Crippen molar-refractivity contribution in [3.05, 3.63) is 65.7 Å². The summed E-state index contributed by atoms with van der Waals surface area (Å²) in [4.78, 5) is 29.9. The van der Waals surface area contributed by atoms with E-state index in [4.69, 9.17) is 4.74 Å². The average Bonchev–Trinajstić information content (AvgIpc) is 2.84. The van der Waals surface area contributed by atoms with Crippen molar-refractivity contribution in [1.29, 1.82) is 0 Å². The minimum absolute atomic E-state index is 0.0810. The summed E-state index contributed by atoms with van der Waals surface area (Å²) in [6, 6.07) is 11.5. The standard InChI is InChI=1S/C26H30F2N2O3/c27-21-8-10-23(11-9-21)33-19-26(17-24(31)29-13-2-1-3-14-29)12-5-15-30(18-26)25(32)20-6-4-7-22(28)16-20/h4,6-11,16H,1-3,5,12-15,17-19H2. The Morgan fingerprint density at radius 2 is 1.61 bits per heavy atom. The molecule has 0 N–H and O–H groups in total. The van der Waals surface area contributed by atoms with Gasteiger partial charge in [0.15, 0.2) is 0 Å². The number of carbonyl (C=O) groups is 2. The van der Waals surface area contributed by atoms with Gasteiger partial charge in [0.1, 0.15) is 17.4 Å². The summed E-state index contributed by atoms with van der Waals surface area (Å²) >= 11 is 0. The summed E-state index contributed by atoms with van der Waals surface area (Å²) < 4.78 is 33.0. The van der Waals surface area contributed by atoms with Gasteiger partial charge in [0.05, 0.1) is 6.61 Å². The van der Waals surface area contributed by atoms with E-state index < -0.39 is 11.2 Å². The van der Waals surface area contributed by atoms with Crippen LogP contribution in [0.3, 0.4) is 0 Å². The molecule has 0 saturated carbocycles. The van der Waals surface area contributed by atoms with Gasteiger partial charge in [0.2, 0.25) is 5.91 Å². The molecule has 176 valence electrons. The van der Waals surface area contributed by atoms with E-state index in [1.807, 2.05) is 4.90 Å². The third-order valence-electron chi connectivity index (χ3n) is 6.61. The maximum Gasteiger partial charge on any atom is 0.253 e. The highest BCUT2D eigenvalue weighted by atomic mass is 19.1. The van der Waals surface area contributed by atoms with Crippen molar-refractivity contribution in [1.82, 2.24) is 9.80 Å². The third kappa shape index (κ3) is 5.89. The van der Waals surface area contributed by atoms with Crippen molar-refractivity contribution >= 4 is 11.8 Å². The van der Waals surface area contributed by atoms with E-state index >= 15 is 0 Å². The van der Waals surface area contributed by atoms with Crippen LogP contribution < -0.4 is 4.74 Å². The second-order valence-electron chi connectivity index (χ2n) is 9.20. The van der Waals surface area contributed by atoms with Gasteiger partial charge < -0.3 is 14.5 Å². The lowest BCUT2D eigenvalue weighted by Crippen LogP contribution is -2.51. The Morgan fingerprint density at radius 3 is 2.33 bits per heavy atom. The normalized spacial score (nSPS) is 21.0. The smallest absolute Gasteiger partial charge is 0.253 e. The van der Waals surface area contributed by atoms with Crippen LogP contribution in [0.5, 0.6) is 5.75 Å². The Hall–Kier alpha value is -2.96. The van der Waals surface area contributed by atoms with Crippen molar-refractivity contribution in [2.75, 3.05) is 32.8 Å². The number of likely N-dealkylation sites (tertiary alicyclic amines) is 2. The van der Waals surface area contributed by atoms with Crippen LogP contribution in [0.15, 0.2) is 48.5 Å². The lowest BCUT2D eigenvalue weighted by atomic mass is 9.77. The Kier molecular flexibility index (Phi) is 7.26. The van der Waals surface area contributed by atoms with E-state index in [-0.39, 0.29) is 30.7 Å². The molecule has 0 aromatic heterocycles. The van der Waals surface area contributed by atoms with Crippen LogP contribution in [0, 0.1) is 17.0 Å². The molecule has 33 heavy (non-hydrogen) atoms. The highest BCUT2D eigenvalue weighted by molar-refractivity contribution is 5.94. The molecule has 2 saturated heterocycles. The molecule has 0 spiro atoms. The van der Waals surface area contributed by atoms with Gasteiger partial charge in [-0.3, -0.25) is 9.59 Å². The van der Waals surface area contributed by atoms with Gasteiger partial charge in [-0.2, -0.15) is 0 Å². The fraction of sp³-hybridized carbons (Fsp3) is 0.462. The summed E-state index contributed by atoms with van der Waals surface area (Å²) in [6.07, 6.45) is 4.89. The predicted molar refractivity (Wildman–Crippen MR) is 121 cm³/mol. The number of ether oxygens (including phenoxy) is 1. The number of hydrogen-bond acceptors (Lipinski definition) is 3. The average molecular weight is 457 g/mol. The monoisotopic (exact) mass is 456 g/mol. The number of hydrogen-bond donors (Lipinski definition) is 0. The van der Waals surface area contributed by atoms with Gasteiger partial charge in [-0.25, -0.2) is 8.78 Å². The fourth-order valence-electron chi connectivity index (χ4n) is 4.84. The molecule has 1 atom stereocenters. The molecule has 0 radical (unpaired) electrons. The lowest BCUT2D eigenvalue weighted by Gasteiger charge is -2.43. The summed E-state index contributed by atoms with van der Waals surface area (Å²) in [6.45, 7) is 2.67. The number of piperidine rings is 2. The predicted octanol–water partition coefficient (Wildman–Crippen LogP) is 4.67. The second kappa shape index (κ2) is 10.3. The maximum absolute atomic E-state index is 13.7. The molecule has 1 unspecified atom stereocenters. The molecule has 2 amide bonds. The first kappa shape index (κ1) is 23.2. The molecule has 0 aliphatic carbocycles. The van der Waals surface area contributed by atoms with Gasteiger partial charge >= 0.3 is 0 Å². The molecule has 2 aliphatic heterocycles. The van der Waals surface area contributed by atoms with Gasteiger partial charge in [0, 0.05) is 43.6 Å². The molecular weight excluding hydrogens is 426 g/mol. The highest BCUT2D eigenvalue weighted by Crippen LogP contribution is 2.36. The van der Waals surface area contributed by atoms with E-state index in [9.17, 15) is 18.4 Å². The number of rotatable bonds is 6. The van der Waals surface area contributed by atoms with Crippen LogP contribution >= 0.6 is 0 Å². The maximum atomic E-state index is 13.7. The minimum Gasteiger partial charge on any atom is -0.493 e. The van der Waals surface area contributed by atoms with Crippen molar-refractivity contribution < 1.29 is 23.1 Å². The molecule has 0 bridgehead atoms. The SMILES string of the molecule is O=C(CC1(COc2ccc(F)cc2)CCCN(C(=O)c2cccc(F)c2)C1)N1CCCCC1. The number of benzene rings is 2. The van der Waals surface area contributed by atoms with Crippen molar-refractivity contribution in [2.45, 2.75) is 38.5 Å². The van der Waals surface area contributed by atoms with E-state index in [1.54, 1.807) is 23.1 Å². The van der Waals surface area contributed by atoms with Crippen LogP contribution in [0.1, 0.15) is 48.9 Å². The van der Waals surface area contributed by atoms with Crippen LogP contribution in [-0.4, -0.2) is 54.4 Å². The molecule has 7 heteroatoms. The zero-order chi connectivity index (χ0) is 23.3. The molecule has 2 heterocycles. The zero-order valence-electron chi connectivity index (χ0n) is 18.8. The molecular formula is C26H30F2N2O3. The summed E-state index contributed by atoms with van der Waals surface area (Å²) in [5, 5.41) is 0. The zero-order valence-corrected chi connectivity index (χ0v) is 18.8. The Bertz CT molecular complexity index is 976. The highest BCUT2D eigenvalue weighted by Gasteiger charge is 2.41. The number of nitrogens with zero attached hydrogens (tertiary/aromatic N) is 2. The van der Waals surface area contributed by atoms with Gasteiger partial charge in [0.25, 0.3) is 5.91 Å². The Labute approximate surface area is 193 Å². The number of halogens is 2. The van der Waals surface area contributed by atoms with E-state index in [0.717, 1.165) is 45.2 Å². The van der Waals surface area contributed by atoms with E-state index in [2.05, 4.69) is 0 Å². The topological polar surface area (TPSA) is 49.9 Å². The molecule has 2 aliphatic rings. The van der Waals surface area contributed by atoms with Gasteiger partial charge in [-0.15, -0.1) is 0 Å². The summed E-state index contributed by atoms with van der Waals surface area (Å²) in [5.74, 6) is -0.441. The fourth-order valence-corrected chi connectivity index (χ4v) is 4.84. The first-order valence-electron chi connectivity index (χ1n) is 11.7. The second-order valence-corrected chi connectivity index (χ2v) is 9.20.